The van der Waals surface area contributed by atoms with Crippen LogP contribution in [0.15, 0.2) is 47.4 Å². The van der Waals surface area contributed by atoms with Crippen molar-refractivity contribution in [3.63, 3.8) is 0 Å². The van der Waals surface area contributed by atoms with Crippen LogP contribution < -0.4 is 10.6 Å². The Labute approximate surface area is 165 Å². The second-order valence-electron chi connectivity index (χ2n) is 5.37. The van der Waals surface area contributed by atoms with Gasteiger partial charge in [0.15, 0.2) is 23.3 Å². The molecule has 0 heterocycles. The van der Waals surface area contributed by atoms with Crippen molar-refractivity contribution < 1.29 is 37.1 Å². The SMILES string of the molecule is O=C(O)/C=C/C(=O)Nc1ccc(SCC(=O)Nc2c(F)c(F)cc(F)c2F)cc1. The second kappa shape index (κ2) is 9.73. The van der Waals surface area contributed by atoms with Crippen LogP contribution in [0.3, 0.4) is 0 Å². The van der Waals surface area contributed by atoms with Gasteiger partial charge < -0.3 is 15.7 Å². The van der Waals surface area contributed by atoms with E-state index in [1.54, 1.807) is 5.32 Å². The van der Waals surface area contributed by atoms with E-state index in [1.807, 2.05) is 0 Å². The average Bonchev–Trinajstić information content (AvgIpc) is 2.67. The maximum atomic E-state index is 13.5. The molecule has 0 radical (unpaired) electrons. The molecule has 3 N–H and O–H groups in total. The van der Waals surface area contributed by atoms with E-state index in [0.717, 1.165) is 17.8 Å². The molecule has 152 valence electrons. The van der Waals surface area contributed by atoms with Gasteiger partial charge in [0, 0.05) is 28.8 Å². The number of hydrogen-bond donors (Lipinski definition) is 3. The first-order valence-electron chi connectivity index (χ1n) is 7.75. The van der Waals surface area contributed by atoms with Gasteiger partial charge in [-0.2, -0.15) is 0 Å². The summed E-state index contributed by atoms with van der Waals surface area (Å²) in [5, 5.41) is 12.6. The third-order valence-electron chi connectivity index (χ3n) is 3.25. The number of carbonyl (C=O) groups is 3. The van der Waals surface area contributed by atoms with Gasteiger partial charge in [-0.05, 0) is 24.3 Å². The Morgan fingerprint density at radius 3 is 2.07 bits per heavy atom. The predicted octanol–water partition coefficient (Wildman–Crippen LogP) is 3.55. The summed E-state index contributed by atoms with van der Waals surface area (Å²) in [6.07, 6.45) is 1.51. The standard InChI is InChI=1S/C18H12F4N2O4S/c19-11-7-12(20)17(22)18(16(11)21)24-14(26)8-29-10-3-1-9(2-4-10)23-13(25)5-6-15(27)28/h1-7H,8H2,(H,23,25)(H,24,26)(H,27,28)/b6-5+. The number of carbonyl (C=O) groups excluding carboxylic acids is 2. The fourth-order valence-corrected chi connectivity index (χ4v) is 2.67. The smallest absolute Gasteiger partial charge is 0.328 e. The van der Waals surface area contributed by atoms with Crippen molar-refractivity contribution in [3.8, 4) is 0 Å². The van der Waals surface area contributed by atoms with Crippen LogP contribution in [-0.2, 0) is 14.4 Å². The number of nitrogens with one attached hydrogen (secondary N) is 2. The number of carboxylic acids is 1. The van der Waals surface area contributed by atoms with Crippen LogP contribution in [0.2, 0.25) is 0 Å². The Bertz CT molecular complexity index is 955. The summed E-state index contributed by atoms with van der Waals surface area (Å²) in [4.78, 5) is 34.2. The van der Waals surface area contributed by atoms with Crippen LogP contribution in [0.1, 0.15) is 0 Å². The largest absolute Gasteiger partial charge is 0.478 e. The van der Waals surface area contributed by atoms with E-state index in [-0.39, 0.29) is 11.8 Å². The Kier molecular flexibility index (Phi) is 7.37. The van der Waals surface area contributed by atoms with Crippen LogP contribution in [0.4, 0.5) is 28.9 Å². The molecule has 0 aliphatic heterocycles. The molecule has 0 fully saturated rings. The summed E-state index contributed by atoms with van der Waals surface area (Å²) in [5.41, 5.74) is -0.848. The van der Waals surface area contributed by atoms with Gasteiger partial charge in [-0.15, -0.1) is 11.8 Å². The van der Waals surface area contributed by atoms with Gasteiger partial charge in [0.1, 0.15) is 5.69 Å². The Morgan fingerprint density at radius 1 is 0.931 bits per heavy atom. The van der Waals surface area contributed by atoms with Gasteiger partial charge in [-0.3, -0.25) is 9.59 Å². The molecule has 0 spiro atoms. The van der Waals surface area contributed by atoms with E-state index in [2.05, 4.69) is 5.32 Å². The molecule has 0 unspecified atom stereocenters. The number of amides is 2. The topological polar surface area (TPSA) is 95.5 Å². The molecule has 29 heavy (non-hydrogen) atoms. The van der Waals surface area contributed by atoms with E-state index in [0.29, 0.717) is 16.7 Å². The van der Waals surface area contributed by atoms with Crippen LogP contribution in [0.25, 0.3) is 0 Å². The van der Waals surface area contributed by atoms with Crippen molar-refractivity contribution in [2.24, 2.45) is 0 Å². The number of benzene rings is 2. The van der Waals surface area contributed by atoms with E-state index >= 15 is 0 Å². The lowest BCUT2D eigenvalue weighted by molar-refractivity contribution is -0.131. The number of halogens is 4. The van der Waals surface area contributed by atoms with Crippen LogP contribution >= 0.6 is 11.8 Å². The molecule has 2 aromatic carbocycles. The molecule has 11 heteroatoms. The van der Waals surface area contributed by atoms with Gasteiger partial charge >= 0.3 is 5.97 Å². The molecule has 0 aromatic heterocycles. The van der Waals surface area contributed by atoms with Crippen molar-refractivity contribution in [2.45, 2.75) is 4.90 Å². The lowest BCUT2D eigenvalue weighted by Crippen LogP contribution is -2.17. The van der Waals surface area contributed by atoms with E-state index < -0.39 is 46.7 Å². The van der Waals surface area contributed by atoms with E-state index in [1.165, 1.54) is 24.3 Å². The van der Waals surface area contributed by atoms with Crippen LogP contribution in [0, 0.1) is 23.3 Å². The quantitative estimate of drug-likeness (QED) is 0.271. The highest BCUT2D eigenvalue weighted by atomic mass is 32.2. The summed E-state index contributed by atoms with van der Waals surface area (Å²) in [6, 6.07) is 6.05. The highest BCUT2D eigenvalue weighted by molar-refractivity contribution is 8.00. The Balaban J connectivity index is 1.93. The van der Waals surface area contributed by atoms with Crippen LogP contribution in [-0.4, -0.2) is 28.6 Å². The summed E-state index contributed by atoms with van der Waals surface area (Å²) in [6.45, 7) is 0. The van der Waals surface area contributed by atoms with Gasteiger partial charge in [0.05, 0.1) is 5.75 Å². The lowest BCUT2D eigenvalue weighted by Gasteiger charge is -2.09. The van der Waals surface area contributed by atoms with E-state index in [9.17, 15) is 31.9 Å². The normalized spacial score (nSPS) is 10.8. The number of hydrogen-bond acceptors (Lipinski definition) is 4. The minimum absolute atomic E-state index is 0.0346. The monoisotopic (exact) mass is 428 g/mol. The highest BCUT2D eigenvalue weighted by Crippen LogP contribution is 2.25. The number of carboxylic acid groups (broad SMARTS) is 1. The van der Waals surface area contributed by atoms with Crippen molar-refractivity contribution in [1.82, 2.24) is 0 Å². The second-order valence-corrected chi connectivity index (χ2v) is 6.41. The maximum Gasteiger partial charge on any atom is 0.328 e. The number of aliphatic carboxylic acids is 1. The minimum atomic E-state index is -1.71. The van der Waals surface area contributed by atoms with Gasteiger partial charge in [0.2, 0.25) is 11.8 Å². The molecular formula is C18H12F4N2O4S. The molecule has 0 saturated heterocycles. The lowest BCUT2D eigenvalue weighted by atomic mass is 10.2. The molecular weight excluding hydrogens is 416 g/mol. The summed E-state index contributed by atoms with van der Waals surface area (Å²) >= 11 is 0.961. The fourth-order valence-electron chi connectivity index (χ4n) is 1.97. The molecule has 2 amide bonds. The summed E-state index contributed by atoms with van der Waals surface area (Å²) in [5.74, 6) is -9.83. The molecule has 0 bridgehead atoms. The third-order valence-corrected chi connectivity index (χ3v) is 4.26. The van der Waals surface area contributed by atoms with Gasteiger partial charge in [-0.25, -0.2) is 22.4 Å². The zero-order valence-electron chi connectivity index (χ0n) is 14.3. The summed E-state index contributed by atoms with van der Waals surface area (Å²) < 4.78 is 53.3. The Morgan fingerprint density at radius 2 is 1.52 bits per heavy atom. The summed E-state index contributed by atoms with van der Waals surface area (Å²) in [7, 11) is 0. The number of rotatable bonds is 7. The molecule has 0 atom stereocenters. The molecule has 2 rings (SSSR count). The minimum Gasteiger partial charge on any atom is -0.478 e. The molecule has 6 nitrogen and oxygen atoms in total. The average molecular weight is 428 g/mol. The Hall–Kier alpha value is -3.34. The maximum absolute atomic E-state index is 13.5. The van der Waals surface area contributed by atoms with Crippen molar-refractivity contribution in [2.75, 3.05) is 16.4 Å². The first kappa shape index (κ1) is 22.0. The fraction of sp³-hybridized carbons (Fsp3) is 0.0556. The van der Waals surface area contributed by atoms with Gasteiger partial charge in [-0.1, -0.05) is 0 Å². The zero-order chi connectivity index (χ0) is 21.6. The first-order chi connectivity index (χ1) is 13.7. The van der Waals surface area contributed by atoms with E-state index in [4.69, 9.17) is 5.11 Å². The molecule has 0 aliphatic carbocycles. The van der Waals surface area contributed by atoms with Gasteiger partial charge in [0.25, 0.3) is 0 Å². The molecule has 0 aliphatic rings. The van der Waals surface area contributed by atoms with Crippen molar-refractivity contribution in [3.05, 3.63) is 65.8 Å². The number of anilines is 2. The van der Waals surface area contributed by atoms with Crippen LogP contribution in [0.5, 0.6) is 0 Å². The number of thioether (sulfide) groups is 1. The molecule has 2 aromatic rings. The zero-order valence-corrected chi connectivity index (χ0v) is 15.2. The molecule has 0 saturated carbocycles. The predicted molar refractivity (Wildman–Crippen MR) is 97.5 cm³/mol. The van der Waals surface area contributed by atoms with Crippen molar-refractivity contribution in [1.29, 1.82) is 0 Å². The third kappa shape index (κ3) is 6.35. The van der Waals surface area contributed by atoms with Crippen molar-refractivity contribution >= 4 is 40.9 Å². The first-order valence-corrected chi connectivity index (χ1v) is 8.73. The highest BCUT2D eigenvalue weighted by Gasteiger charge is 2.20.